The molecule has 0 unspecified atom stereocenters. The van der Waals surface area contributed by atoms with Crippen molar-refractivity contribution in [3.05, 3.63) is 109 Å². The number of carbonyl (C=O) groups excluding carboxylic acids is 3. The summed E-state index contributed by atoms with van der Waals surface area (Å²) >= 11 is 0. The van der Waals surface area contributed by atoms with Gasteiger partial charge in [0.1, 0.15) is 24.1 Å². The molecule has 20 nitrogen and oxygen atoms in total. The molecule has 280 valence electrons. The lowest BCUT2D eigenvalue weighted by Crippen LogP contribution is -2.52. The lowest BCUT2D eigenvalue weighted by molar-refractivity contribution is -0.127. The van der Waals surface area contributed by atoms with Gasteiger partial charge in [0.2, 0.25) is 0 Å². The zero-order chi connectivity index (χ0) is 38.5. The summed E-state index contributed by atoms with van der Waals surface area (Å²) in [7, 11) is 1.47. The van der Waals surface area contributed by atoms with E-state index in [2.05, 4.69) is 35.1 Å². The van der Waals surface area contributed by atoms with Crippen LogP contribution in [-0.4, -0.2) is 119 Å². The molecule has 0 aliphatic carbocycles. The summed E-state index contributed by atoms with van der Waals surface area (Å²) in [5.41, 5.74) is 9.04. The SMILES string of the molecule is COc1cnc(-n2cnc(C)n2)c2[nH]cc(C(=O)C(=O)N3CCN(C(=O)c4ccccc4)CC3)c12.Cc1cn([C@H]2C[C@H](N=[N+]=[N-])[C@@H](CO)O2)c(=O)[nH]c1=O. The second-order valence-corrected chi connectivity index (χ2v) is 12.4. The molecule has 2 saturated heterocycles. The third-order valence-electron chi connectivity index (χ3n) is 9.05. The highest BCUT2D eigenvalue weighted by molar-refractivity contribution is 6.45. The maximum absolute atomic E-state index is 13.3. The van der Waals surface area contributed by atoms with Crippen molar-refractivity contribution >= 4 is 28.5 Å². The van der Waals surface area contributed by atoms with Crippen LogP contribution < -0.4 is 16.0 Å². The molecule has 2 aliphatic heterocycles. The minimum atomic E-state index is -0.671. The van der Waals surface area contributed by atoms with Crippen LogP contribution >= 0.6 is 0 Å². The van der Waals surface area contributed by atoms with Crippen molar-refractivity contribution in [1.29, 1.82) is 0 Å². The van der Waals surface area contributed by atoms with Gasteiger partial charge in [-0.3, -0.25) is 28.7 Å². The molecule has 3 atom stereocenters. The quantitative estimate of drug-likeness (QED) is 0.0674. The number of benzene rings is 1. The van der Waals surface area contributed by atoms with Crippen molar-refractivity contribution in [2.24, 2.45) is 5.11 Å². The van der Waals surface area contributed by atoms with Gasteiger partial charge in [-0.15, -0.1) is 0 Å². The van der Waals surface area contributed by atoms with Gasteiger partial charge in [0, 0.05) is 61.0 Å². The van der Waals surface area contributed by atoms with Gasteiger partial charge < -0.3 is 29.4 Å². The van der Waals surface area contributed by atoms with Crippen LogP contribution in [0.25, 0.3) is 27.2 Å². The van der Waals surface area contributed by atoms with Crippen LogP contribution in [0.15, 0.2) is 70.0 Å². The summed E-state index contributed by atoms with van der Waals surface area (Å²) in [5.74, 6) is -0.0244. The summed E-state index contributed by atoms with van der Waals surface area (Å²) in [5, 5.41) is 17.4. The summed E-state index contributed by atoms with van der Waals surface area (Å²) in [6.07, 6.45) is 4.82. The number of ether oxygens (including phenoxy) is 2. The van der Waals surface area contributed by atoms with Crippen LogP contribution in [0.1, 0.15) is 44.8 Å². The topological polar surface area (TPSA) is 259 Å². The molecule has 2 amide bonds. The predicted molar refractivity (Wildman–Crippen MR) is 190 cm³/mol. The Labute approximate surface area is 305 Å². The number of H-pyrrole nitrogens is 2. The first-order chi connectivity index (χ1) is 26.0. The van der Waals surface area contributed by atoms with Gasteiger partial charge in [-0.2, -0.15) is 5.10 Å². The van der Waals surface area contributed by atoms with Crippen LogP contribution in [0.5, 0.6) is 5.75 Å². The molecule has 2 fully saturated rings. The van der Waals surface area contributed by atoms with E-state index in [0.29, 0.717) is 52.5 Å². The van der Waals surface area contributed by atoms with E-state index in [1.807, 2.05) is 18.2 Å². The monoisotopic (exact) mass is 740 g/mol. The highest BCUT2D eigenvalue weighted by Gasteiger charge is 2.36. The van der Waals surface area contributed by atoms with Gasteiger partial charge in [-0.25, -0.2) is 19.4 Å². The third-order valence-corrected chi connectivity index (χ3v) is 9.05. The fourth-order valence-electron chi connectivity index (χ4n) is 6.23. The van der Waals surface area contributed by atoms with Gasteiger partial charge in [0.15, 0.2) is 5.82 Å². The molecule has 54 heavy (non-hydrogen) atoms. The Morgan fingerprint density at radius 2 is 1.81 bits per heavy atom. The molecule has 6 heterocycles. The minimum absolute atomic E-state index is 0.0891. The molecule has 0 radical (unpaired) electrons. The van der Waals surface area contributed by atoms with Crippen molar-refractivity contribution in [2.75, 3.05) is 39.9 Å². The Morgan fingerprint density at radius 3 is 2.46 bits per heavy atom. The second-order valence-electron chi connectivity index (χ2n) is 12.4. The van der Waals surface area contributed by atoms with Crippen molar-refractivity contribution in [2.45, 2.75) is 38.6 Å². The van der Waals surface area contributed by atoms with Crippen LogP contribution in [0.4, 0.5) is 0 Å². The van der Waals surface area contributed by atoms with E-state index in [4.69, 9.17) is 20.1 Å². The number of azide groups is 1. The fourth-order valence-corrected chi connectivity index (χ4v) is 6.23. The number of hydrogen-bond donors (Lipinski definition) is 3. The standard InChI is InChI=1S/C24H23N7O4.C10H13N5O4/c1-15-27-14-31(28-15)22-20-19(18(35-2)13-26-22)17(12-25-20)21(32)24(34)30-10-8-29(9-11-30)23(33)16-6-4-3-5-7-16;1-5-3-15(10(18)12-9(5)17)8-2-6(13-14-11)7(4-16)19-8/h3-7,12-14,25H,8-11H2,1-2H3;3,6-8,16H,2,4H2,1H3,(H,12,17,18)/t;6-,7+,8+/m.0/s1. The lowest BCUT2D eigenvalue weighted by Gasteiger charge is -2.34. The highest BCUT2D eigenvalue weighted by atomic mass is 16.5. The number of Topliss-reactive ketones (excluding diaryl/α,β-unsaturated/α-hetero) is 1. The summed E-state index contributed by atoms with van der Waals surface area (Å²) < 4.78 is 13.6. The van der Waals surface area contributed by atoms with E-state index in [-0.39, 0.29) is 37.6 Å². The van der Waals surface area contributed by atoms with Crippen molar-refractivity contribution in [3.8, 4) is 11.6 Å². The average Bonchev–Trinajstić information content (AvgIpc) is 3.94. The number of amides is 2. The molecular weight excluding hydrogens is 704 g/mol. The molecule has 3 N–H and O–H groups in total. The molecule has 7 rings (SSSR count). The van der Waals surface area contributed by atoms with Crippen LogP contribution in [0.3, 0.4) is 0 Å². The van der Waals surface area contributed by atoms with E-state index in [0.717, 1.165) is 0 Å². The Balaban J connectivity index is 0.000000221. The number of aliphatic hydroxyl groups is 1. The molecular formula is C34H36N12O8. The minimum Gasteiger partial charge on any atom is -0.494 e. The Hall–Kier alpha value is -6.63. The van der Waals surface area contributed by atoms with Gasteiger partial charge in [0.25, 0.3) is 23.2 Å². The Bertz CT molecular complexity index is 2350. The van der Waals surface area contributed by atoms with Gasteiger partial charge in [0.05, 0.1) is 48.5 Å². The van der Waals surface area contributed by atoms with Crippen LogP contribution in [0, 0.1) is 13.8 Å². The highest BCUT2D eigenvalue weighted by Crippen LogP contribution is 2.32. The second kappa shape index (κ2) is 15.9. The number of nitrogens with one attached hydrogen (secondary N) is 2. The van der Waals surface area contributed by atoms with Gasteiger partial charge in [-0.05, 0) is 31.5 Å². The molecule has 5 aromatic rings. The summed E-state index contributed by atoms with van der Waals surface area (Å²) in [4.78, 5) is 81.6. The number of carbonyl (C=O) groups is 3. The van der Waals surface area contributed by atoms with Crippen LogP contribution in [0.2, 0.25) is 0 Å². The number of pyridine rings is 1. The van der Waals surface area contributed by atoms with Crippen molar-refractivity contribution in [3.63, 3.8) is 0 Å². The zero-order valence-electron chi connectivity index (χ0n) is 29.4. The summed E-state index contributed by atoms with van der Waals surface area (Å²) in [6, 6.07) is 8.46. The first-order valence-corrected chi connectivity index (χ1v) is 16.8. The number of hydrogen-bond acceptors (Lipinski definition) is 12. The van der Waals surface area contributed by atoms with E-state index in [1.54, 1.807) is 30.9 Å². The maximum atomic E-state index is 13.3. The number of piperazine rings is 1. The van der Waals surface area contributed by atoms with E-state index in [1.165, 1.54) is 46.2 Å². The van der Waals surface area contributed by atoms with Crippen LogP contribution in [-0.2, 0) is 9.53 Å². The first-order valence-electron chi connectivity index (χ1n) is 16.8. The summed E-state index contributed by atoms with van der Waals surface area (Å²) in [6.45, 7) is 4.26. The predicted octanol–water partition coefficient (Wildman–Crippen LogP) is 1.43. The Morgan fingerprint density at radius 1 is 1.09 bits per heavy atom. The van der Waals surface area contributed by atoms with E-state index < -0.39 is 41.3 Å². The number of fused-ring (bicyclic) bond motifs is 1. The van der Waals surface area contributed by atoms with Gasteiger partial charge in [-0.1, -0.05) is 23.3 Å². The number of aryl methyl sites for hydroxylation is 2. The number of methoxy groups -OCH3 is 1. The zero-order valence-corrected chi connectivity index (χ0v) is 29.4. The number of aromatic amines is 2. The molecule has 0 spiro atoms. The molecule has 0 saturated carbocycles. The molecule has 2 aliphatic rings. The first kappa shape index (κ1) is 37.1. The molecule has 1 aromatic carbocycles. The lowest BCUT2D eigenvalue weighted by atomic mass is 10.1. The third kappa shape index (κ3) is 7.47. The van der Waals surface area contributed by atoms with E-state index >= 15 is 0 Å². The van der Waals surface area contributed by atoms with Crippen molar-refractivity contribution in [1.82, 2.24) is 44.1 Å². The number of rotatable bonds is 8. The van der Waals surface area contributed by atoms with Gasteiger partial charge >= 0.3 is 5.69 Å². The normalized spacial score (nSPS) is 18.1. The van der Waals surface area contributed by atoms with E-state index in [9.17, 15) is 24.0 Å². The maximum Gasteiger partial charge on any atom is 0.330 e. The fraction of sp³-hybridized carbons (Fsp3) is 0.353. The largest absolute Gasteiger partial charge is 0.494 e. The molecule has 20 heteroatoms. The number of nitrogens with zero attached hydrogens (tertiary/aromatic N) is 10. The number of aliphatic hydroxyl groups excluding tert-OH is 1. The smallest absolute Gasteiger partial charge is 0.330 e. The average molecular weight is 741 g/mol. The molecule has 0 bridgehead atoms. The van der Waals surface area contributed by atoms with Crippen molar-refractivity contribution < 1.29 is 29.0 Å². The Kier molecular flexibility index (Phi) is 11.0. The number of ketones is 1. The number of aromatic nitrogens is 7. The molecule has 4 aromatic heterocycles.